The summed E-state index contributed by atoms with van der Waals surface area (Å²) in [5, 5.41) is 13.1. The molecule has 0 unspecified atom stereocenters. The van der Waals surface area contributed by atoms with Crippen molar-refractivity contribution in [3.63, 3.8) is 0 Å². The normalized spacial score (nSPS) is 13.7. The van der Waals surface area contributed by atoms with Crippen LogP contribution in [0.25, 0.3) is 11.1 Å². The van der Waals surface area contributed by atoms with Crippen LogP contribution in [0.2, 0.25) is 0 Å². The largest absolute Gasteiger partial charge is 0.384 e. The van der Waals surface area contributed by atoms with E-state index in [9.17, 15) is 22.8 Å². The Morgan fingerprint density at radius 3 is 2.22 bits per heavy atom. The maximum atomic E-state index is 13.3. The van der Waals surface area contributed by atoms with E-state index >= 15 is 0 Å². The molecule has 2 amide bonds. The number of carbonyl (C=O) groups excluding carboxylic acids is 3. The molecule has 0 saturated carbocycles. The van der Waals surface area contributed by atoms with Gasteiger partial charge in [-0.25, -0.2) is 4.79 Å². The summed E-state index contributed by atoms with van der Waals surface area (Å²) in [6.45, 7) is 1.70. The Labute approximate surface area is 237 Å². The van der Waals surface area contributed by atoms with Crippen LogP contribution in [0.4, 0.5) is 5.69 Å². The van der Waals surface area contributed by atoms with Crippen molar-refractivity contribution in [2.75, 3.05) is 31.3 Å². The van der Waals surface area contributed by atoms with Gasteiger partial charge in [-0.15, -0.1) is 0 Å². The zero-order valence-electron chi connectivity index (χ0n) is 22.3. The van der Waals surface area contributed by atoms with Crippen LogP contribution >= 0.6 is 0 Å². The minimum atomic E-state index is -4.17. The molecule has 0 aliphatic carbocycles. The molecule has 0 atom stereocenters. The van der Waals surface area contributed by atoms with Crippen LogP contribution in [-0.4, -0.2) is 58.1 Å². The first-order valence-corrected chi connectivity index (χ1v) is 14.6. The minimum Gasteiger partial charge on any atom is -0.384 e. The Hall–Kier alpha value is -4.55. The number of hydrogen-bond donors (Lipinski definition) is 4. The molecule has 1 heterocycles. The Bertz CT molecular complexity index is 1580. The van der Waals surface area contributed by atoms with Crippen LogP contribution in [0.3, 0.4) is 0 Å². The van der Waals surface area contributed by atoms with Crippen molar-refractivity contribution in [3.8, 4) is 11.1 Å². The highest BCUT2D eigenvalue weighted by atomic mass is 32.2. The number of anilines is 1. The van der Waals surface area contributed by atoms with Gasteiger partial charge in [-0.05, 0) is 72.4 Å². The number of nitrogen functional groups attached to an aromatic ring is 1. The molecule has 0 bridgehead atoms. The number of nitrogens with one attached hydrogen (secondary N) is 3. The molecule has 11 nitrogen and oxygen atoms in total. The van der Waals surface area contributed by atoms with Gasteiger partial charge in [-0.1, -0.05) is 24.3 Å². The first-order chi connectivity index (χ1) is 19.5. The second-order valence-electron chi connectivity index (χ2n) is 9.59. The first kappa shape index (κ1) is 29.4. The van der Waals surface area contributed by atoms with E-state index in [4.69, 9.17) is 15.9 Å². The Morgan fingerprint density at radius 2 is 1.56 bits per heavy atom. The molecule has 3 aromatic rings. The van der Waals surface area contributed by atoms with Crippen LogP contribution in [-0.2, 0) is 19.0 Å². The average Bonchev–Trinajstić information content (AvgIpc) is 2.95. The molecule has 3 aromatic carbocycles. The number of ether oxygens (including phenoxy) is 1. The molecule has 1 aliphatic heterocycles. The number of amides is 2. The summed E-state index contributed by atoms with van der Waals surface area (Å²) in [6, 6.07) is 17.1. The van der Waals surface area contributed by atoms with Crippen molar-refractivity contribution in [2.24, 2.45) is 11.7 Å². The lowest BCUT2D eigenvalue weighted by Crippen LogP contribution is -2.32. The van der Waals surface area contributed by atoms with E-state index in [2.05, 4.69) is 14.8 Å². The zero-order valence-corrected chi connectivity index (χ0v) is 23.1. The monoisotopic (exact) mass is 578 g/mol. The summed E-state index contributed by atoms with van der Waals surface area (Å²) in [5.41, 5.74) is 7.08. The Kier molecular flexibility index (Phi) is 9.15. The molecule has 0 spiro atoms. The van der Waals surface area contributed by atoms with Crippen molar-refractivity contribution >= 4 is 39.4 Å². The van der Waals surface area contributed by atoms with Crippen LogP contribution < -0.4 is 16.4 Å². The van der Waals surface area contributed by atoms with E-state index in [0.29, 0.717) is 36.6 Å². The lowest BCUT2D eigenvalue weighted by Gasteiger charge is -2.22. The fraction of sp³-hybridized carbons (Fsp3) is 0.241. The predicted molar refractivity (Wildman–Crippen MR) is 153 cm³/mol. The third kappa shape index (κ3) is 7.77. The molecular weight excluding hydrogens is 548 g/mol. The minimum absolute atomic E-state index is 0.109. The van der Waals surface area contributed by atoms with Crippen LogP contribution in [0.15, 0.2) is 66.7 Å². The Morgan fingerprint density at radius 1 is 0.927 bits per heavy atom. The molecule has 12 heteroatoms. The van der Waals surface area contributed by atoms with Crippen LogP contribution in [0.1, 0.15) is 49.5 Å². The lowest BCUT2D eigenvalue weighted by atomic mass is 9.93. The van der Waals surface area contributed by atoms with Gasteiger partial charge in [0.1, 0.15) is 5.84 Å². The smallest absolute Gasteiger partial charge is 0.354 e. The van der Waals surface area contributed by atoms with Gasteiger partial charge in [-0.3, -0.25) is 15.0 Å². The molecule has 0 radical (unpaired) electrons. The quantitative estimate of drug-likeness (QED) is 0.170. The lowest BCUT2D eigenvalue weighted by molar-refractivity contribution is 0.0642. The molecule has 214 valence electrons. The van der Waals surface area contributed by atoms with Gasteiger partial charge >= 0.3 is 16.1 Å². The van der Waals surface area contributed by atoms with E-state index in [-0.39, 0.29) is 34.0 Å². The molecule has 4 rings (SSSR count). The summed E-state index contributed by atoms with van der Waals surface area (Å²) in [6.07, 6.45) is 2.39. The molecule has 1 aliphatic rings. The van der Waals surface area contributed by atoms with E-state index in [0.717, 1.165) is 19.1 Å². The number of benzene rings is 3. The molecule has 41 heavy (non-hydrogen) atoms. The van der Waals surface area contributed by atoms with Gasteiger partial charge in [-0.2, -0.15) is 8.42 Å². The number of nitrogens with two attached hydrogens (primary N) is 1. The van der Waals surface area contributed by atoms with Gasteiger partial charge in [0.2, 0.25) is 0 Å². The summed E-state index contributed by atoms with van der Waals surface area (Å²) in [4.78, 5) is 39.2. The molecular formula is C29H30N4O7S. The fourth-order valence-electron chi connectivity index (χ4n) is 4.41. The SMILES string of the molecule is CS(=O)(=O)OC(=O)c1cc(C(=O)NCC2CCOCC2)ccc1-c1ccccc1C(=O)Nc1ccc(C(=N)N)cc1. The maximum Gasteiger partial charge on any atom is 0.354 e. The predicted octanol–water partition coefficient (Wildman–Crippen LogP) is 3.16. The first-order valence-electron chi connectivity index (χ1n) is 12.8. The van der Waals surface area contributed by atoms with E-state index in [1.165, 1.54) is 18.2 Å². The third-order valence-corrected chi connectivity index (χ3v) is 6.99. The van der Waals surface area contributed by atoms with Crippen LogP contribution in [0, 0.1) is 11.3 Å². The van der Waals surface area contributed by atoms with Crippen molar-refractivity contribution in [2.45, 2.75) is 12.8 Å². The molecule has 5 N–H and O–H groups in total. The summed E-state index contributed by atoms with van der Waals surface area (Å²) in [7, 11) is -4.17. The summed E-state index contributed by atoms with van der Waals surface area (Å²) in [5.74, 6) is -1.96. The number of amidine groups is 1. The average molecular weight is 579 g/mol. The molecule has 0 aromatic heterocycles. The topological polar surface area (TPSA) is 178 Å². The number of rotatable bonds is 9. The van der Waals surface area contributed by atoms with Crippen LogP contribution in [0.5, 0.6) is 0 Å². The van der Waals surface area contributed by atoms with E-state index in [1.807, 2.05) is 0 Å². The third-order valence-electron chi connectivity index (χ3n) is 6.54. The van der Waals surface area contributed by atoms with Gasteiger partial charge < -0.3 is 25.3 Å². The number of carbonyl (C=O) groups is 3. The van der Waals surface area contributed by atoms with Gasteiger partial charge in [0.15, 0.2) is 0 Å². The second-order valence-corrected chi connectivity index (χ2v) is 11.2. The summed E-state index contributed by atoms with van der Waals surface area (Å²) >= 11 is 0. The van der Waals surface area contributed by atoms with Crippen molar-refractivity contribution in [1.82, 2.24) is 5.32 Å². The highest BCUT2D eigenvalue weighted by molar-refractivity contribution is 7.86. The maximum absolute atomic E-state index is 13.3. The van der Waals surface area contributed by atoms with Gasteiger partial charge in [0.25, 0.3) is 11.8 Å². The molecule has 1 saturated heterocycles. The highest BCUT2D eigenvalue weighted by Crippen LogP contribution is 2.30. The van der Waals surface area contributed by atoms with Crippen molar-refractivity contribution in [3.05, 3.63) is 89.0 Å². The van der Waals surface area contributed by atoms with Gasteiger partial charge in [0, 0.05) is 42.1 Å². The Balaban J connectivity index is 1.66. The van der Waals surface area contributed by atoms with Crippen molar-refractivity contribution < 1.29 is 31.7 Å². The van der Waals surface area contributed by atoms with Gasteiger partial charge in [0.05, 0.1) is 11.8 Å². The summed E-state index contributed by atoms with van der Waals surface area (Å²) < 4.78 is 33.6. The fourth-order valence-corrected chi connectivity index (χ4v) is 4.77. The van der Waals surface area contributed by atoms with E-state index < -0.39 is 27.9 Å². The molecule has 1 fully saturated rings. The van der Waals surface area contributed by atoms with Crippen molar-refractivity contribution in [1.29, 1.82) is 5.41 Å². The number of hydrogen-bond acceptors (Lipinski definition) is 8. The standard InChI is InChI=1S/C29H30N4O7S/c1-41(37,38)40-29(36)25-16-20(27(34)32-17-18-12-14-39-15-13-18)8-11-23(25)22-4-2-3-5-24(22)28(35)33-21-9-6-19(7-10-21)26(30)31/h2-11,16,18H,12-15,17H2,1H3,(H3,30,31)(H,32,34)(H,33,35). The second kappa shape index (κ2) is 12.7. The van der Waals surface area contributed by atoms with E-state index in [1.54, 1.807) is 48.5 Å². The zero-order chi connectivity index (χ0) is 29.6. The highest BCUT2D eigenvalue weighted by Gasteiger charge is 2.24.